The lowest BCUT2D eigenvalue weighted by molar-refractivity contribution is -0.121. The van der Waals surface area contributed by atoms with Crippen LogP contribution in [0.2, 0.25) is 0 Å². The van der Waals surface area contributed by atoms with E-state index in [1.807, 2.05) is 5.32 Å². The molecular weight excluding hydrogens is 238 g/mol. The van der Waals surface area contributed by atoms with Crippen molar-refractivity contribution in [2.45, 2.75) is 6.92 Å². The number of primary amides is 1. The third-order valence-electron chi connectivity index (χ3n) is 2.03. The predicted molar refractivity (Wildman–Crippen MR) is 63.7 cm³/mol. The molecule has 0 radical (unpaired) electrons. The fourth-order valence-corrected chi connectivity index (χ4v) is 1.19. The van der Waals surface area contributed by atoms with Crippen LogP contribution in [-0.2, 0) is 4.79 Å². The first-order valence-electron chi connectivity index (χ1n) is 5.04. The maximum atomic E-state index is 11.1. The van der Waals surface area contributed by atoms with Crippen LogP contribution in [0, 0.1) is 0 Å². The molecule has 0 aliphatic rings. The molecule has 0 spiro atoms. The first kappa shape index (κ1) is 13.5. The number of ether oxygens (including phenoxy) is 1. The van der Waals surface area contributed by atoms with Gasteiger partial charge in [0.2, 0.25) is 0 Å². The lowest BCUT2D eigenvalue weighted by Gasteiger charge is -2.06. The monoisotopic (exact) mass is 251 g/mol. The van der Waals surface area contributed by atoms with E-state index < -0.39 is 11.9 Å². The van der Waals surface area contributed by atoms with Crippen LogP contribution in [0.25, 0.3) is 0 Å². The van der Waals surface area contributed by atoms with E-state index in [9.17, 15) is 9.59 Å². The molecule has 7 heteroatoms. The van der Waals surface area contributed by atoms with Crippen molar-refractivity contribution < 1.29 is 19.5 Å². The maximum Gasteiger partial charge on any atom is 0.318 e. The summed E-state index contributed by atoms with van der Waals surface area (Å²) in [4.78, 5) is 21.5. The summed E-state index contributed by atoms with van der Waals surface area (Å²) in [5.74, 6) is -0.226. The second kappa shape index (κ2) is 6.24. The summed E-state index contributed by atoms with van der Waals surface area (Å²) in [5.41, 5.74) is 5.85. The van der Waals surface area contributed by atoms with Crippen LogP contribution in [0.5, 0.6) is 5.75 Å². The Kier molecular flexibility index (Phi) is 4.67. The van der Waals surface area contributed by atoms with Crippen molar-refractivity contribution in [3.05, 3.63) is 29.8 Å². The number of urea groups is 1. The fourth-order valence-electron chi connectivity index (χ4n) is 1.19. The van der Waals surface area contributed by atoms with Crippen molar-refractivity contribution in [3.63, 3.8) is 0 Å². The second-order valence-corrected chi connectivity index (χ2v) is 3.41. The molecule has 0 atom stereocenters. The van der Waals surface area contributed by atoms with Crippen molar-refractivity contribution in [1.82, 2.24) is 5.32 Å². The number of hydrogen-bond donors (Lipinski definition) is 3. The second-order valence-electron chi connectivity index (χ2n) is 3.41. The number of carbonyl (C=O) groups excluding carboxylic acids is 2. The van der Waals surface area contributed by atoms with E-state index in [0.29, 0.717) is 17.0 Å². The summed E-state index contributed by atoms with van der Waals surface area (Å²) < 4.78 is 5.15. The Balaban J connectivity index is 2.63. The maximum absolute atomic E-state index is 11.1. The van der Waals surface area contributed by atoms with E-state index in [0.717, 1.165) is 0 Å². The van der Waals surface area contributed by atoms with Crippen LogP contribution in [0.1, 0.15) is 12.5 Å². The molecule has 4 N–H and O–H groups in total. The van der Waals surface area contributed by atoms with E-state index in [-0.39, 0.29) is 6.61 Å². The standard InChI is InChI=1S/C11H13N3O4/c1-7(14-17)8-3-2-4-9(5-8)18-6-10(15)13-11(12)16/h2-5,17H,6H2,1H3,(H3,12,13,15,16)/b14-7+. The van der Waals surface area contributed by atoms with Crippen LogP contribution >= 0.6 is 0 Å². The van der Waals surface area contributed by atoms with Crippen molar-refractivity contribution in [3.8, 4) is 5.75 Å². The predicted octanol–water partition coefficient (Wildman–Crippen LogP) is 0.458. The van der Waals surface area contributed by atoms with Gasteiger partial charge in [-0.1, -0.05) is 17.3 Å². The molecule has 18 heavy (non-hydrogen) atoms. The molecule has 0 unspecified atom stereocenters. The number of nitrogens with two attached hydrogens (primary N) is 1. The van der Waals surface area contributed by atoms with Crippen molar-refractivity contribution in [1.29, 1.82) is 0 Å². The van der Waals surface area contributed by atoms with Gasteiger partial charge in [0.15, 0.2) is 6.61 Å². The molecule has 1 aromatic carbocycles. The number of benzene rings is 1. The molecule has 0 aliphatic carbocycles. The molecule has 7 nitrogen and oxygen atoms in total. The lowest BCUT2D eigenvalue weighted by Crippen LogP contribution is -2.38. The Hall–Kier alpha value is -2.57. The summed E-state index contributed by atoms with van der Waals surface area (Å²) in [6.45, 7) is 1.29. The summed E-state index contributed by atoms with van der Waals surface area (Å²) in [6, 6.07) is 5.72. The van der Waals surface area contributed by atoms with Gasteiger partial charge in [-0.2, -0.15) is 0 Å². The summed E-state index contributed by atoms with van der Waals surface area (Å²) in [7, 11) is 0. The SMILES string of the molecule is C/C(=N\O)c1cccc(OCC(=O)NC(N)=O)c1. The van der Waals surface area contributed by atoms with Gasteiger partial charge in [0.1, 0.15) is 5.75 Å². The minimum Gasteiger partial charge on any atom is -0.484 e. The van der Waals surface area contributed by atoms with Crippen LogP contribution < -0.4 is 15.8 Å². The van der Waals surface area contributed by atoms with E-state index in [1.165, 1.54) is 0 Å². The van der Waals surface area contributed by atoms with E-state index in [2.05, 4.69) is 5.16 Å². The topological polar surface area (TPSA) is 114 Å². The number of imide groups is 1. The largest absolute Gasteiger partial charge is 0.484 e. The highest BCUT2D eigenvalue weighted by atomic mass is 16.5. The number of nitrogens with one attached hydrogen (secondary N) is 1. The molecular formula is C11H13N3O4. The average molecular weight is 251 g/mol. The van der Waals surface area contributed by atoms with Crippen LogP contribution in [0.15, 0.2) is 29.4 Å². The van der Waals surface area contributed by atoms with Gasteiger partial charge in [-0.3, -0.25) is 10.1 Å². The van der Waals surface area contributed by atoms with Gasteiger partial charge in [0, 0.05) is 5.56 Å². The highest BCUT2D eigenvalue weighted by molar-refractivity contribution is 5.98. The Bertz CT molecular complexity index is 485. The number of nitrogens with zero attached hydrogens (tertiary/aromatic N) is 1. The van der Waals surface area contributed by atoms with Gasteiger partial charge in [-0.25, -0.2) is 4.79 Å². The number of carbonyl (C=O) groups is 2. The average Bonchev–Trinajstić information content (AvgIpc) is 2.35. The highest BCUT2D eigenvalue weighted by Crippen LogP contribution is 2.13. The number of amides is 3. The smallest absolute Gasteiger partial charge is 0.318 e. The number of oxime groups is 1. The van der Waals surface area contributed by atoms with Gasteiger partial charge >= 0.3 is 6.03 Å². The van der Waals surface area contributed by atoms with Crippen molar-refractivity contribution >= 4 is 17.6 Å². The summed E-state index contributed by atoms with van der Waals surface area (Å²) >= 11 is 0. The van der Waals surface area contributed by atoms with Gasteiger partial charge in [0.25, 0.3) is 5.91 Å². The minimum atomic E-state index is -0.930. The third kappa shape index (κ3) is 4.12. The third-order valence-corrected chi connectivity index (χ3v) is 2.03. The quantitative estimate of drug-likeness (QED) is 0.409. The zero-order valence-electron chi connectivity index (χ0n) is 9.71. The molecule has 96 valence electrons. The molecule has 0 aliphatic heterocycles. The molecule has 0 heterocycles. The zero-order valence-corrected chi connectivity index (χ0v) is 9.71. The normalized spacial score (nSPS) is 10.8. The van der Waals surface area contributed by atoms with Crippen LogP contribution in [0.4, 0.5) is 4.79 Å². The summed E-state index contributed by atoms with van der Waals surface area (Å²) in [5, 5.41) is 13.6. The zero-order chi connectivity index (χ0) is 13.5. The summed E-state index contributed by atoms with van der Waals surface area (Å²) in [6.07, 6.45) is 0. The number of hydrogen-bond acceptors (Lipinski definition) is 5. The van der Waals surface area contributed by atoms with Crippen molar-refractivity contribution in [2.75, 3.05) is 6.61 Å². The highest BCUT2D eigenvalue weighted by Gasteiger charge is 2.06. The van der Waals surface area contributed by atoms with Gasteiger partial charge in [-0.15, -0.1) is 0 Å². The lowest BCUT2D eigenvalue weighted by atomic mass is 10.1. The van der Waals surface area contributed by atoms with E-state index in [4.69, 9.17) is 15.7 Å². The Morgan fingerprint density at radius 2 is 2.22 bits per heavy atom. The van der Waals surface area contributed by atoms with Crippen LogP contribution in [0.3, 0.4) is 0 Å². The van der Waals surface area contributed by atoms with E-state index >= 15 is 0 Å². The van der Waals surface area contributed by atoms with E-state index in [1.54, 1.807) is 31.2 Å². The first-order chi connectivity index (χ1) is 8.52. The van der Waals surface area contributed by atoms with Crippen molar-refractivity contribution in [2.24, 2.45) is 10.9 Å². The number of rotatable bonds is 4. The van der Waals surface area contributed by atoms with Gasteiger partial charge in [-0.05, 0) is 19.1 Å². The minimum absolute atomic E-state index is 0.332. The molecule has 0 saturated carbocycles. The molecule has 3 amide bonds. The molecule has 1 aromatic rings. The molecule has 0 fully saturated rings. The van der Waals surface area contributed by atoms with Gasteiger partial charge in [0.05, 0.1) is 5.71 Å². The van der Waals surface area contributed by atoms with Crippen LogP contribution in [-0.4, -0.2) is 29.5 Å². The fraction of sp³-hybridized carbons (Fsp3) is 0.182. The molecule has 0 saturated heterocycles. The first-order valence-corrected chi connectivity index (χ1v) is 5.04. The van der Waals surface area contributed by atoms with Gasteiger partial charge < -0.3 is 15.7 Å². The molecule has 1 rings (SSSR count). The Morgan fingerprint density at radius 3 is 2.83 bits per heavy atom. The Morgan fingerprint density at radius 1 is 1.50 bits per heavy atom. The Labute approximate surface area is 103 Å². The molecule has 0 aromatic heterocycles. The molecule has 0 bridgehead atoms.